The molecule has 0 bridgehead atoms. The molecule has 0 fully saturated rings. The molecule has 7 heteroatoms. The molecule has 1 N–H and O–H groups in total. The molecule has 1 amide bonds. The molecule has 2 aromatic rings. The number of hydrogen-bond acceptors (Lipinski definition) is 5. The number of nitrogens with zero attached hydrogens (tertiary/aromatic N) is 1. The molecular formula is C27H41NO5Si. The second kappa shape index (κ2) is 13.5. The Labute approximate surface area is 205 Å². The Kier molecular flexibility index (Phi) is 11.1. The molecule has 0 radical (unpaired) electrons. The van der Waals surface area contributed by atoms with Crippen LogP contribution in [0.5, 0.6) is 5.75 Å². The molecule has 6 nitrogen and oxygen atoms in total. The predicted molar refractivity (Wildman–Crippen MR) is 140 cm³/mol. The molecule has 2 aromatic carbocycles. The van der Waals surface area contributed by atoms with Crippen LogP contribution in [0.15, 0.2) is 42.5 Å². The summed E-state index contributed by atoms with van der Waals surface area (Å²) in [6.07, 6.45) is 2.19. The van der Waals surface area contributed by atoms with Gasteiger partial charge in [-0.25, -0.2) is 4.79 Å². The number of phenols is 1. The van der Waals surface area contributed by atoms with Crippen molar-refractivity contribution in [1.29, 1.82) is 0 Å². The second-order valence-corrected chi connectivity index (χ2v) is 15.4. The molecule has 0 unspecified atom stereocenters. The topological polar surface area (TPSA) is 68.2 Å². The number of ether oxygens (including phenoxy) is 3. The maximum absolute atomic E-state index is 13.4. The van der Waals surface area contributed by atoms with Gasteiger partial charge in [-0.2, -0.15) is 0 Å². The summed E-state index contributed by atoms with van der Waals surface area (Å²) in [7, 11) is 1.77. The van der Waals surface area contributed by atoms with Gasteiger partial charge in [0.25, 0.3) is 0 Å². The zero-order valence-corrected chi connectivity index (χ0v) is 22.6. The van der Waals surface area contributed by atoms with E-state index >= 15 is 0 Å². The van der Waals surface area contributed by atoms with E-state index in [1.165, 1.54) is 0 Å². The van der Waals surface area contributed by atoms with Gasteiger partial charge >= 0.3 is 6.09 Å². The maximum Gasteiger partial charge on any atom is 0.414 e. The number of unbranched alkanes of at least 4 members (excludes halogenated alkanes) is 1. The number of benzene rings is 2. The molecule has 0 aliphatic rings. The molecule has 0 atom stereocenters. The summed E-state index contributed by atoms with van der Waals surface area (Å²) < 4.78 is 16.6. The zero-order valence-electron chi connectivity index (χ0n) is 21.6. The number of phenolic OH excluding ortho intramolecular Hbond substituents is 1. The van der Waals surface area contributed by atoms with Gasteiger partial charge in [0.2, 0.25) is 0 Å². The highest BCUT2D eigenvalue weighted by Crippen LogP contribution is 2.34. The highest BCUT2D eigenvalue weighted by Gasteiger charge is 2.26. The van der Waals surface area contributed by atoms with Gasteiger partial charge in [0.15, 0.2) is 6.29 Å². The van der Waals surface area contributed by atoms with Gasteiger partial charge in [0, 0.05) is 34.3 Å². The number of carbonyl (C=O) groups is 1. The number of amides is 1. The second-order valence-electron chi connectivity index (χ2n) is 9.82. The molecule has 0 heterocycles. The van der Waals surface area contributed by atoms with Crippen LogP contribution in [-0.2, 0) is 33.6 Å². The van der Waals surface area contributed by atoms with E-state index < -0.39 is 20.5 Å². The maximum atomic E-state index is 13.4. The Hall–Kier alpha value is -2.35. The van der Waals surface area contributed by atoms with E-state index in [4.69, 9.17) is 14.2 Å². The van der Waals surface area contributed by atoms with Crippen LogP contribution in [0.1, 0.15) is 36.5 Å². The van der Waals surface area contributed by atoms with Crippen LogP contribution < -0.4 is 4.90 Å². The fourth-order valence-corrected chi connectivity index (χ4v) is 4.35. The summed E-state index contributed by atoms with van der Waals surface area (Å²) in [6.45, 7) is 9.62. The SMILES string of the molecule is CCCCc1cc(O)c(CC(OC)OC)c(N(Cc2ccccc2)C(=O)OCC[Si](C)(C)C)c1. The van der Waals surface area contributed by atoms with Crippen LogP contribution in [0.4, 0.5) is 10.5 Å². The van der Waals surface area contributed by atoms with E-state index in [0.29, 0.717) is 30.8 Å². The van der Waals surface area contributed by atoms with Gasteiger partial charge in [0.1, 0.15) is 5.75 Å². The van der Waals surface area contributed by atoms with Crippen molar-refractivity contribution >= 4 is 19.9 Å². The standard InChI is InChI=1S/C27H41NO5Si/c1-7-8-12-22-17-24(23(25(29)18-22)19-26(31-2)32-3)28(20-21-13-10-9-11-14-21)27(30)33-15-16-34(4,5)6/h9-11,13-14,17-18,26,29H,7-8,12,15-16,19-20H2,1-6H3. The van der Waals surface area contributed by atoms with Gasteiger partial charge in [-0.1, -0.05) is 63.3 Å². The summed E-state index contributed by atoms with van der Waals surface area (Å²) in [5.74, 6) is 0.135. The fraction of sp³-hybridized carbons (Fsp3) is 0.519. The Morgan fingerprint density at radius 1 is 1.06 bits per heavy atom. The van der Waals surface area contributed by atoms with Crippen LogP contribution in [0.2, 0.25) is 25.7 Å². The van der Waals surface area contributed by atoms with Crippen molar-refractivity contribution in [2.45, 2.75) is 71.1 Å². The monoisotopic (exact) mass is 487 g/mol. The van der Waals surface area contributed by atoms with Crippen LogP contribution in [0.25, 0.3) is 0 Å². The zero-order chi connectivity index (χ0) is 25.1. The average molecular weight is 488 g/mol. The Morgan fingerprint density at radius 2 is 1.74 bits per heavy atom. The largest absolute Gasteiger partial charge is 0.508 e. The third kappa shape index (κ3) is 8.78. The predicted octanol–water partition coefficient (Wildman–Crippen LogP) is 6.38. The van der Waals surface area contributed by atoms with E-state index in [1.54, 1.807) is 25.2 Å². The molecule has 0 aliphatic carbocycles. The van der Waals surface area contributed by atoms with Gasteiger partial charge in [-0.05, 0) is 42.1 Å². The first-order valence-corrected chi connectivity index (χ1v) is 15.8. The Bertz CT molecular complexity index is 894. The van der Waals surface area contributed by atoms with Crippen molar-refractivity contribution in [3.05, 3.63) is 59.2 Å². The van der Waals surface area contributed by atoms with Gasteiger partial charge in [-0.15, -0.1) is 0 Å². The Balaban J connectivity index is 2.50. The van der Waals surface area contributed by atoms with Crippen molar-refractivity contribution in [3.63, 3.8) is 0 Å². The number of anilines is 1. The normalized spacial score (nSPS) is 11.6. The molecular weight excluding hydrogens is 446 g/mol. The van der Waals surface area contributed by atoms with Crippen LogP contribution >= 0.6 is 0 Å². The molecule has 0 spiro atoms. The summed E-state index contributed by atoms with van der Waals surface area (Å²) in [5.41, 5.74) is 3.20. The van der Waals surface area contributed by atoms with Gasteiger partial charge in [0.05, 0.1) is 18.8 Å². The quantitative estimate of drug-likeness (QED) is 0.262. The lowest BCUT2D eigenvalue weighted by molar-refractivity contribution is -0.100. The highest BCUT2D eigenvalue weighted by molar-refractivity contribution is 6.76. The molecule has 188 valence electrons. The van der Waals surface area contributed by atoms with Crippen LogP contribution in [0, 0.1) is 0 Å². The number of aryl methyl sites for hydroxylation is 1. The van der Waals surface area contributed by atoms with Crippen molar-refractivity contribution < 1.29 is 24.1 Å². The van der Waals surface area contributed by atoms with Crippen LogP contribution in [-0.4, -0.2) is 46.4 Å². The number of carbonyl (C=O) groups excluding carboxylic acids is 1. The Morgan fingerprint density at radius 3 is 2.32 bits per heavy atom. The van der Waals surface area contributed by atoms with Crippen molar-refractivity contribution in [2.24, 2.45) is 0 Å². The van der Waals surface area contributed by atoms with Crippen molar-refractivity contribution in [2.75, 3.05) is 25.7 Å². The minimum Gasteiger partial charge on any atom is -0.508 e. The average Bonchev–Trinajstić information content (AvgIpc) is 2.80. The number of hydrogen-bond donors (Lipinski definition) is 1. The first-order valence-electron chi connectivity index (χ1n) is 12.1. The third-order valence-corrected chi connectivity index (χ3v) is 7.45. The number of aromatic hydroxyl groups is 1. The number of methoxy groups -OCH3 is 2. The highest BCUT2D eigenvalue weighted by atomic mass is 28.3. The van der Waals surface area contributed by atoms with E-state index in [-0.39, 0.29) is 5.75 Å². The first kappa shape index (κ1) is 27.9. The summed E-state index contributed by atoms with van der Waals surface area (Å²) in [5, 5.41) is 11.0. The van der Waals surface area contributed by atoms with Crippen LogP contribution in [0.3, 0.4) is 0 Å². The summed E-state index contributed by atoms with van der Waals surface area (Å²) in [6, 6.07) is 14.5. The summed E-state index contributed by atoms with van der Waals surface area (Å²) >= 11 is 0. The molecule has 0 saturated carbocycles. The molecule has 0 aliphatic heterocycles. The number of rotatable bonds is 13. The lowest BCUT2D eigenvalue weighted by Crippen LogP contribution is -2.34. The smallest absolute Gasteiger partial charge is 0.414 e. The minimum absolute atomic E-state index is 0.135. The van der Waals surface area contributed by atoms with E-state index in [9.17, 15) is 9.90 Å². The molecule has 2 rings (SSSR count). The van der Waals surface area contributed by atoms with E-state index in [1.807, 2.05) is 36.4 Å². The van der Waals surface area contributed by atoms with Gasteiger partial charge in [-0.3, -0.25) is 4.90 Å². The van der Waals surface area contributed by atoms with Crippen molar-refractivity contribution in [1.82, 2.24) is 0 Å². The molecule has 0 saturated heterocycles. The van der Waals surface area contributed by atoms with E-state index in [0.717, 1.165) is 36.4 Å². The fourth-order valence-electron chi connectivity index (χ4n) is 3.64. The third-order valence-electron chi connectivity index (χ3n) is 5.75. The van der Waals surface area contributed by atoms with Crippen molar-refractivity contribution in [3.8, 4) is 5.75 Å². The molecule has 34 heavy (non-hydrogen) atoms. The minimum atomic E-state index is -1.36. The summed E-state index contributed by atoms with van der Waals surface area (Å²) in [4.78, 5) is 15.1. The van der Waals surface area contributed by atoms with Gasteiger partial charge < -0.3 is 19.3 Å². The lowest BCUT2D eigenvalue weighted by Gasteiger charge is -2.28. The lowest BCUT2D eigenvalue weighted by atomic mass is 10.00. The van der Waals surface area contributed by atoms with E-state index in [2.05, 4.69) is 26.6 Å². The molecule has 0 aromatic heterocycles. The first-order chi connectivity index (χ1) is 16.2.